The predicted molar refractivity (Wildman–Crippen MR) is 324 cm³/mol. The molecule has 8 unspecified atom stereocenters. The van der Waals surface area contributed by atoms with E-state index in [2.05, 4.69) is 111 Å². The first kappa shape index (κ1) is 72.6. The Hall–Kier alpha value is -3.42. The lowest BCUT2D eigenvalue weighted by Gasteiger charge is -2.41. The standard InChI is InChI=1S/C67H115NO10/c1-4-7-10-13-16-19-22-25-26-27-28-29-30-31-32-33-34-37-40-43-46-49-52-55-62(72)78-65-64(74)63(73)61(56-69)77-67(65)76-57-58(59(70)53-50-47-44-41-38-35-23-20-17-14-11-8-5-2)68-66(75)60(71)54-51-48-45-42-39-36-24-21-18-15-12-9-6-3/h9,12,16,18-19,21,25-26,28-29,31-32,36,39,50,53,58-61,63-65,67,69-71,73-74H,4-8,10-11,13-15,17,20,22-24,27,30,33-35,37-38,40-49,51-52,54-57H2,1-3H3,(H,68,75)/b12-9+,19-16-,21-18+,26-25-,29-28-,32-31-,39-36+,53-50+. The number of esters is 1. The van der Waals surface area contributed by atoms with Crippen LogP contribution in [0.4, 0.5) is 0 Å². The second-order valence-electron chi connectivity index (χ2n) is 21.4. The Labute approximate surface area is 475 Å². The molecular formula is C67H115NO10. The van der Waals surface area contributed by atoms with Gasteiger partial charge in [0.1, 0.15) is 24.4 Å². The Morgan fingerprint density at radius 3 is 1.41 bits per heavy atom. The highest BCUT2D eigenvalue weighted by molar-refractivity contribution is 5.80. The van der Waals surface area contributed by atoms with Gasteiger partial charge in [-0.2, -0.15) is 0 Å². The Bertz CT molecular complexity index is 1630. The SMILES string of the molecule is CC/C=C/C/C=C/C/C=C/CCCCCC(O)C(=O)NC(COC1OC(CO)C(O)C(O)C1OC(=O)CCCCCCCCC/C=C\C/C=C\C/C=C\C/C=C\CCCCC)C(O)/C=C/CCCCCCCCCCCCC. The van der Waals surface area contributed by atoms with Crippen molar-refractivity contribution in [3.63, 3.8) is 0 Å². The topological polar surface area (TPSA) is 175 Å². The summed E-state index contributed by atoms with van der Waals surface area (Å²) in [6, 6.07) is -1.04. The van der Waals surface area contributed by atoms with Crippen LogP contribution in [-0.2, 0) is 23.8 Å². The summed E-state index contributed by atoms with van der Waals surface area (Å²) in [4.78, 5) is 26.5. The van der Waals surface area contributed by atoms with Crippen LogP contribution in [0.3, 0.4) is 0 Å². The number of hydrogen-bond acceptors (Lipinski definition) is 10. The summed E-state index contributed by atoms with van der Waals surface area (Å²) in [7, 11) is 0. The summed E-state index contributed by atoms with van der Waals surface area (Å²) >= 11 is 0. The van der Waals surface area contributed by atoms with E-state index in [4.69, 9.17) is 14.2 Å². The van der Waals surface area contributed by atoms with Crippen LogP contribution in [0.15, 0.2) is 97.2 Å². The van der Waals surface area contributed by atoms with Crippen LogP contribution in [0, 0.1) is 0 Å². The van der Waals surface area contributed by atoms with Gasteiger partial charge in [0.05, 0.1) is 25.4 Å². The number of amides is 1. The highest BCUT2D eigenvalue weighted by Crippen LogP contribution is 2.26. The van der Waals surface area contributed by atoms with Crippen molar-refractivity contribution in [1.82, 2.24) is 5.32 Å². The van der Waals surface area contributed by atoms with E-state index in [1.165, 1.54) is 83.5 Å². The second-order valence-corrected chi connectivity index (χ2v) is 21.4. The van der Waals surface area contributed by atoms with Crippen LogP contribution < -0.4 is 5.32 Å². The highest BCUT2D eigenvalue weighted by atomic mass is 16.7. The Balaban J connectivity index is 2.67. The minimum absolute atomic E-state index is 0.104. The van der Waals surface area contributed by atoms with Crippen molar-refractivity contribution in [2.45, 2.75) is 301 Å². The zero-order valence-corrected chi connectivity index (χ0v) is 49.5. The lowest BCUT2D eigenvalue weighted by molar-refractivity contribution is -0.305. The fraction of sp³-hybridized carbons (Fsp3) is 0.731. The number of hydrogen-bond donors (Lipinski definition) is 6. The van der Waals surface area contributed by atoms with Crippen molar-refractivity contribution < 1.29 is 49.3 Å². The Morgan fingerprint density at radius 2 is 0.923 bits per heavy atom. The molecule has 11 heteroatoms. The molecule has 6 N–H and O–H groups in total. The zero-order chi connectivity index (χ0) is 56.8. The molecule has 1 heterocycles. The molecule has 78 heavy (non-hydrogen) atoms. The van der Waals surface area contributed by atoms with E-state index in [0.29, 0.717) is 12.8 Å². The predicted octanol–water partition coefficient (Wildman–Crippen LogP) is 15.1. The number of ether oxygens (including phenoxy) is 3. The summed E-state index contributed by atoms with van der Waals surface area (Å²) in [5.41, 5.74) is 0. The number of carbonyl (C=O) groups is 2. The zero-order valence-electron chi connectivity index (χ0n) is 49.5. The first-order valence-corrected chi connectivity index (χ1v) is 31.5. The molecule has 0 aromatic carbocycles. The third kappa shape index (κ3) is 41.6. The maximum absolute atomic E-state index is 13.4. The third-order valence-corrected chi connectivity index (χ3v) is 14.2. The Morgan fingerprint density at radius 1 is 0.513 bits per heavy atom. The van der Waals surface area contributed by atoms with Crippen molar-refractivity contribution in [3.05, 3.63) is 97.2 Å². The molecule has 0 aromatic rings. The molecule has 1 fully saturated rings. The fourth-order valence-electron chi connectivity index (χ4n) is 9.24. The highest BCUT2D eigenvalue weighted by Gasteiger charge is 2.47. The summed E-state index contributed by atoms with van der Waals surface area (Å²) in [6.07, 6.45) is 61.6. The van der Waals surface area contributed by atoms with E-state index in [1.54, 1.807) is 6.08 Å². The molecule has 1 aliphatic heterocycles. The monoisotopic (exact) mass is 1090 g/mol. The molecule has 1 rings (SSSR count). The van der Waals surface area contributed by atoms with Crippen molar-refractivity contribution in [2.75, 3.05) is 13.2 Å². The van der Waals surface area contributed by atoms with Crippen molar-refractivity contribution in [2.24, 2.45) is 0 Å². The van der Waals surface area contributed by atoms with Gasteiger partial charge in [0.15, 0.2) is 12.4 Å². The summed E-state index contributed by atoms with van der Waals surface area (Å²) < 4.78 is 17.6. The van der Waals surface area contributed by atoms with Crippen LogP contribution in [0.25, 0.3) is 0 Å². The van der Waals surface area contributed by atoms with E-state index in [1.807, 2.05) is 6.08 Å². The molecule has 0 saturated carbocycles. The van der Waals surface area contributed by atoms with Gasteiger partial charge in [-0.25, -0.2) is 0 Å². The van der Waals surface area contributed by atoms with Gasteiger partial charge in [-0.3, -0.25) is 9.59 Å². The van der Waals surface area contributed by atoms with Gasteiger partial charge in [-0.05, 0) is 103 Å². The molecular weight excluding hydrogens is 979 g/mol. The van der Waals surface area contributed by atoms with Crippen LogP contribution in [0.5, 0.6) is 0 Å². The maximum atomic E-state index is 13.4. The van der Waals surface area contributed by atoms with E-state index >= 15 is 0 Å². The fourth-order valence-corrected chi connectivity index (χ4v) is 9.24. The van der Waals surface area contributed by atoms with Gasteiger partial charge >= 0.3 is 5.97 Å². The summed E-state index contributed by atoms with van der Waals surface area (Å²) in [5.74, 6) is -1.23. The molecule has 11 nitrogen and oxygen atoms in total. The van der Waals surface area contributed by atoms with Gasteiger partial charge in [-0.1, -0.05) is 240 Å². The van der Waals surface area contributed by atoms with Crippen LogP contribution in [-0.4, -0.2) is 99.6 Å². The largest absolute Gasteiger partial charge is 0.454 e. The van der Waals surface area contributed by atoms with Crippen LogP contribution >= 0.6 is 0 Å². The molecule has 0 aliphatic carbocycles. The lowest BCUT2D eigenvalue weighted by Crippen LogP contribution is -2.61. The van der Waals surface area contributed by atoms with Gasteiger partial charge < -0.3 is 45.1 Å². The van der Waals surface area contributed by atoms with Crippen LogP contribution in [0.1, 0.15) is 252 Å². The number of unbranched alkanes of at least 4 members (excludes halogenated alkanes) is 24. The van der Waals surface area contributed by atoms with Gasteiger partial charge in [0.2, 0.25) is 5.91 Å². The molecule has 1 aliphatic rings. The molecule has 1 saturated heterocycles. The van der Waals surface area contributed by atoms with Gasteiger partial charge in [0, 0.05) is 6.42 Å². The first-order valence-electron chi connectivity index (χ1n) is 31.5. The molecule has 0 spiro atoms. The summed E-state index contributed by atoms with van der Waals surface area (Å²) in [5, 5.41) is 56.9. The van der Waals surface area contributed by atoms with Crippen LogP contribution in [0.2, 0.25) is 0 Å². The molecule has 0 aromatic heterocycles. The molecule has 0 radical (unpaired) electrons. The van der Waals surface area contributed by atoms with E-state index in [9.17, 15) is 35.1 Å². The molecule has 1 amide bonds. The lowest BCUT2D eigenvalue weighted by atomic mass is 9.99. The number of rotatable bonds is 52. The van der Waals surface area contributed by atoms with E-state index in [0.717, 1.165) is 122 Å². The number of nitrogens with one attached hydrogen (secondary N) is 1. The second kappa shape index (κ2) is 54.2. The molecule has 8 atom stereocenters. The smallest absolute Gasteiger partial charge is 0.306 e. The maximum Gasteiger partial charge on any atom is 0.306 e. The van der Waals surface area contributed by atoms with E-state index in [-0.39, 0.29) is 19.4 Å². The van der Waals surface area contributed by atoms with E-state index < -0.39 is 67.4 Å². The normalized spacial score (nSPS) is 19.6. The van der Waals surface area contributed by atoms with Crippen molar-refractivity contribution in [3.8, 4) is 0 Å². The minimum atomic E-state index is -1.63. The molecule has 448 valence electrons. The van der Waals surface area contributed by atoms with Gasteiger partial charge in [0.25, 0.3) is 0 Å². The number of allylic oxidation sites excluding steroid dienone is 15. The van der Waals surface area contributed by atoms with Crippen molar-refractivity contribution in [1.29, 1.82) is 0 Å². The minimum Gasteiger partial charge on any atom is -0.454 e. The number of carbonyl (C=O) groups excluding carboxylic acids is 2. The first-order chi connectivity index (χ1) is 38.2. The molecule has 0 bridgehead atoms. The average molecular weight is 1090 g/mol. The van der Waals surface area contributed by atoms with Gasteiger partial charge in [-0.15, -0.1) is 0 Å². The average Bonchev–Trinajstić information content (AvgIpc) is 3.44. The third-order valence-electron chi connectivity index (χ3n) is 14.2. The quantitative estimate of drug-likeness (QED) is 0.0195. The summed E-state index contributed by atoms with van der Waals surface area (Å²) in [6.45, 7) is 5.62. The van der Waals surface area contributed by atoms with Crippen molar-refractivity contribution >= 4 is 11.9 Å². The number of aliphatic hydroxyl groups is 5. The number of aliphatic hydroxyl groups excluding tert-OH is 5. The Kier molecular flexibility index (Phi) is 50.4.